The van der Waals surface area contributed by atoms with Gasteiger partial charge in [0, 0.05) is 37.0 Å². The number of hydrogen-bond donors (Lipinski definition) is 1. The van der Waals surface area contributed by atoms with E-state index in [1.165, 1.54) is 0 Å². The van der Waals surface area contributed by atoms with Crippen molar-refractivity contribution in [1.29, 1.82) is 0 Å². The molecule has 1 saturated heterocycles. The molecule has 0 radical (unpaired) electrons. The van der Waals surface area contributed by atoms with Gasteiger partial charge in [0.25, 0.3) is 0 Å². The summed E-state index contributed by atoms with van der Waals surface area (Å²) in [6, 6.07) is -0.549. The first kappa shape index (κ1) is 19.5. The first-order valence-corrected chi connectivity index (χ1v) is 8.23. The van der Waals surface area contributed by atoms with E-state index in [4.69, 9.17) is 0 Å². The molecular weight excluding hydrogens is 294 g/mol. The lowest BCUT2D eigenvalue weighted by Crippen LogP contribution is -2.57. The molecule has 0 spiro atoms. The lowest BCUT2D eigenvalue weighted by Gasteiger charge is -2.38. The summed E-state index contributed by atoms with van der Waals surface area (Å²) in [7, 11) is 0. The van der Waals surface area contributed by atoms with Crippen LogP contribution in [-0.2, 0) is 14.4 Å². The number of amides is 3. The van der Waals surface area contributed by atoms with Gasteiger partial charge in [0.15, 0.2) is 0 Å². The van der Waals surface area contributed by atoms with Gasteiger partial charge < -0.3 is 15.1 Å². The van der Waals surface area contributed by atoms with Gasteiger partial charge in [0.1, 0.15) is 6.04 Å². The maximum absolute atomic E-state index is 12.4. The highest BCUT2D eigenvalue weighted by atomic mass is 16.2. The molecule has 0 aliphatic carbocycles. The number of piperazine rings is 1. The largest absolute Gasteiger partial charge is 0.344 e. The van der Waals surface area contributed by atoms with Gasteiger partial charge in [-0.3, -0.25) is 14.4 Å². The Bertz CT molecular complexity index is 466. The van der Waals surface area contributed by atoms with Gasteiger partial charge in [-0.25, -0.2) is 0 Å². The standard InChI is InChI=1S/C17H31N3O3/c1-12(18-14(22)16(2,3)4)13(21)19-8-10-20(11-9-19)15(23)17(5,6)7/h12H,8-11H2,1-7H3,(H,18,22). The number of rotatable bonds is 2. The molecule has 1 fully saturated rings. The topological polar surface area (TPSA) is 69.7 Å². The Morgan fingerprint density at radius 2 is 1.26 bits per heavy atom. The molecule has 1 rings (SSSR count). The number of carbonyl (C=O) groups excluding carboxylic acids is 3. The summed E-state index contributed by atoms with van der Waals surface area (Å²) in [6.07, 6.45) is 0. The molecule has 1 aliphatic rings. The molecule has 23 heavy (non-hydrogen) atoms. The van der Waals surface area contributed by atoms with Gasteiger partial charge in [0.05, 0.1) is 0 Å². The minimum absolute atomic E-state index is 0.0922. The smallest absolute Gasteiger partial charge is 0.244 e. The number of carbonyl (C=O) groups is 3. The molecule has 1 aliphatic heterocycles. The fraction of sp³-hybridized carbons (Fsp3) is 0.824. The van der Waals surface area contributed by atoms with Crippen molar-refractivity contribution in [3.8, 4) is 0 Å². The zero-order valence-electron chi connectivity index (χ0n) is 15.5. The van der Waals surface area contributed by atoms with Crippen LogP contribution in [0.5, 0.6) is 0 Å². The van der Waals surface area contributed by atoms with E-state index in [1.54, 1.807) is 11.8 Å². The van der Waals surface area contributed by atoms with Crippen molar-refractivity contribution in [1.82, 2.24) is 15.1 Å². The second-order valence-electron chi connectivity index (χ2n) is 8.31. The van der Waals surface area contributed by atoms with E-state index < -0.39 is 16.9 Å². The maximum atomic E-state index is 12.4. The Morgan fingerprint density at radius 3 is 1.65 bits per heavy atom. The van der Waals surface area contributed by atoms with Gasteiger partial charge in [-0.15, -0.1) is 0 Å². The molecule has 1 N–H and O–H groups in total. The average Bonchev–Trinajstić information content (AvgIpc) is 2.43. The van der Waals surface area contributed by atoms with Crippen LogP contribution in [-0.4, -0.2) is 59.7 Å². The van der Waals surface area contributed by atoms with E-state index >= 15 is 0 Å². The normalized spacial score (nSPS) is 17.7. The molecule has 1 unspecified atom stereocenters. The van der Waals surface area contributed by atoms with Crippen LogP contribution in [0.15, 0.2) is 0 Å². The summed E-state index contributed by atoms with van der Waals surface area (Å²) in [6.45, 7) is 15.0. The number of hydrogen-bond acceptors (Lipinski definition) is 3. The molecule has 0 aromatic carbocycles. The highest BCUT2D eigenvalue weighted by Crippen LogP contribution is 2.19. The van der Waals surface area contributed by atoms with Crippen molar-refractivity contribution in [3.63, 3.8) is 0 Å². The van der Waals surface area contributed by atoms with Crippen molar-refractivity contribution in [3.05, 3.63) is 0 Å². The van der Waals surface area contributed by atoms with Crippen LogP contribution in [0.2, 0.25) is 0 Å². The molecule has 132 valence electrons. The van der Waals surface area contributed by atoms with Crippen molar-refractivity contribution in [2.75, 3.05) is 26.2 Å². The van der Waals surface area contributed by atoms with E-state index in [0.29, 0.717) is 26.2 Å². The summed E-state index contributed by atoms with van der Waals surface area (Å²) in [5, 5.41) is 2.76. The molecule has 1 heterocycles. The van der Waals surface area contributed by atoms with E-state index in [9.17, 15) is 14.4 Å². The second kappa shape index (κ2) is 6.89. The maximum Gasteiger partial charge on any atom is 0.244 e. The summed E-state index contributed by atoms with van der Waals surface area (Å²) in [4.78, 5) is 40.2. The van der Waals surface area contributed by atoms with Crippen LogP contribution in [0.3, 0.4) is 0 Å². The van der Waals surface area contributed by atoms with Gasteiger partial charge in [-0.05, 0) is 6.92 Å². The summed E-state index contributed by atoms with van der Waals surface area (Å²) >= 11 is 0. The third kappa shape index (κ3) is 5.22. The molecule has 1 atom stereocenters. The van der Waals surface area contributed by atoms with Crippen LogP contribution in [0.25, 0.3) is 0 Å². The third-order valence-electron chi connectivity index (χ3n) is 3.92. The highest BCUT2D eigenvalue weighted by molar-refractivity contribution is 5.89. The van der Waals surface area contributed by atoms with Crippen LogP contribution in [0, 0.1) is 10.8 Å². The Hall–Kier alpha value is -1.59. The fourth-order valence-corrected chi connectivity index (χ4v) is 2.35. The lowest BCUT2D eigenvalue weighted by atomic mass is 9.94. The molecular formula is C17H31N3O3. The average molecular weight is 325 g/mol. The van der Waals surface area contributed by atoms with Crippen molar-refractivity contribution in [2.24, 2.45) is 10.8 Å². The molecule has 6 nitrogen and oxygen atoms in total. The Labute approximate surface area is 139 Å². The fourth-order valence-electron chi connectivity index (χ4n) is 2.35. The predicted molar refractivity (Wildman–Crippen MR) is 89.7 cm³/mol. The Balaban J connectivity index is 2.55. The van der Waals surface area contributed by atoms with E-state index in [2.05, 4.69) is 5.32 Å². The van der Waals surface area contributed by atoms with Crippen LogP contribution in [0.1, 0.15) is 48.5 Å². The molecule has 3 amide bonds. The zero-order chi connectivity index (χ0) is 18.0. The summed E-state index contributed by atoms with van der Waals surface area (Å²) < 4.78 is 0. The second-order valence-corrected chi connectivity index (χ2v) is 8.31. The lowest BCUT2D eigenvalue weighted by molar-refractivity contribution is -0.146. The van der Waals surface area contributed by atoms with Crippen LogP contribution >= 0.6 is 0 Å². The van der Waals surface area contributed by atoms with Gasteiger partial charge in [-0.1, -0.05) is 41.5 Å². The number of nitrogens with zero attached hydrogens (tertiary/aromatic N) is 2. The highest BCUT2D eigenvalue weighted by Gasteiger charge is 2.33. The molecule has 0 aromatic heterocycles. The van der Waals surface area contributed by atoms with Gasteiger partial charge in [0.2, 0.25) is 17.7 Å². The van der Waals surface area contributed by atoms with E-state index in [1.807, 2.05) is 46.4 Å². The Morgan fingerprint density at radius 1 is 0.826 bits per heavy atom. The zero-order valence-corrected chi connectivity index (χ0v) is 15.5. The quantitative estimate of drug-likeness (QED) is 0.831. The van der Waals surface area contributed by atoms with Crippen LogP contribution in [0.4, 0.5) is 0 Å². The molecule has 0 bridgehead atoms. The van der Waals surface area contributed by atoms with Gasteiger partial charge in [-0.2, -0.15) is 0 Å². The summed E-state index contributed by atoms with van der Waals surface area (Å²) in [5.74, 6) is -0.121. The minimum atomic E-state index is -0.549. The third-order valence-corrected chi connectivity index (χ3v) is 3.92. The van der Waals surface area contributed by atoms with Crippen molar-refractivity contribution < 1.29 is 14.4 Å². The van der Waals surface area contributed by atoms with Gasteiger partial charge >= 0.3 is 0 Å². The van der Waals surface area contributed by atoms with Crippen LogP contribution < -0.4 is 5.32 Å². The predicted octanol–water partition coefficient (Wildman–Crippen LogP) is 1.25. The molecule has 0 aromatic rings. The van der Waals surface area contributed by atoms with E-state index in [-0.39, 0.29) is 17.7 Å². The van der Waals surface area contributed by atoms with E-state index in [0.717, 1.165) is 0 Å². The molecule has 6 heteroatoms. The van der Waals surface area contributed by atoms with Crippen molar-refractivity contribution >= 4 is 17.7 Å². The first-order valence-electron chi connectivity index (χ1n) is 8.23. The summed E-state index contributed by atoms with van der Waals surface area (Å²) in [5.41, 5.74) is -0.924. The first-order chi connectivity index (χ1) is 10.3. The SMILES string of the molecule is CC(NC(=O)C(C)(C)C)C(=O)N1CCN(C(=O)C(C)(C)C)CC1. The molecule has 0 saturated carbocycles. The van der Waals surface area contributed by atoms with Crippen molar-refractivity contribution in [2.45, 2.75) is 54.5 Å². The minimum Gasteiger partial charge on any atom is -0.344 e. The number of nitrogens with one attached hydrogen (secondary N) is 1. The monoisotopic (exact) mass is 325 g/mol. The Kier molecular flexibility index (Phi) is 5.83.